The summed E-state index contributed by atoms with van der Waals surface area (Å²) in [6.45, 7) is 11.3. The molecule has 3 nitrogen and oxygen atoms in total. The molecule has 0 atom stereocenters. The number of rotatable bonds is 3. The molecule has 19 heavy (non-hydrogen) atoms. The van der Waals surface area contributed by atoms with Gasteiger partial charge in [0.05, 0.1) is 6.20 Å². The Balaban J connectivity index is 2.28. The lowest BCUT2D eigenvalue weighted by atomic mass is 9.82. The van der Waals surface area contributed by atoms with Gasteiger partial charge in [0.2, 0.25) is 0 Å². The number of imidazole rings is 1. The molecule has 104 valence electrons. The molecular formula is C15H22IN3. The highest BCUT2D eigenvalue weighted by molar-refractivity contribution is 14.1. The molecule has 4 heteroatoms. The van der Waals surface area contributed by atoms with Crippen LogP contribution in [-0.4, -0.2) is 14.9 Å². The summed E-state index contributed by atoms with van der Waals surface area (Å²) in [5.74, 6) is 1.06. The Hall–Kier alpha value is -0.780. The average molecular weight is 371 g/mol. The molecule has 0 amide bonds. The van der Waals surface area contributed by atoms with E-state index in [4.69, 9.17) is 0 Å². The lowest BCUT2D eigenvalue weighted by molar-refractivity contribution is 0.302. The van der Waals surface area contributed by atoms with Crippen molar-refractivity contribution in [2.75, 3.05) is 5.32 Å². The van der Waals surface area contributed by atoms with E-state index in [1.165, 1.54) is 3.57 Å². The van der Waals surface area contributed by atoms with E-state index in [1.807, 2.05) is 12.3 Å². The van der Waals surface area contributed by atoms with Crippen LogP contribution in [0.1, 0.15) is 41.0 Å². The zero-order chi connectivity index (χ0) is 14.3. The van der Waals surface area contributed by atoms with Crippen LogP contribution in [-0.2, 0) is 0 Å². The van der Waals surface area contributed by atoms with Gasteiger partial charge in [-0.15, -0.1) is 0 Å². The summed E-state index contributed by atoms with van der Waals surface area (Å²) in [5, 5.41) is 3.62. The van der Waals surface area contributed by atoms with Crippen molar-refractivity contribution < 1.29 is 0 Å². The van der Waals surface area contributed by atoms with Crippen LogP contribution < -0.4 is 5.32 Å². The molecule has 0 spiro atoms. The van der Waals surface area contributed by atoms with Crippen molar-refractivity contribution in [3.63, 3.8) is 0 Å². The maximum absolute atomic E-state index is 4.44. The van der Waals surface area contributed by atoms with Gasteiger partial charge in [0.15, 0.2) is 0 Å². The Bertz CT molecular complexity index is 579. The molecule has 0 aromatic carbocycles. The number of pyridine rings is 1. The second-order valence-electron chi connectivity index (χ2n) is 6.97. The third-order valence-corrected chi connectivity index (χ3v) is 3.55. The molecule has 2 rings (SSSR count). The summed E-state index contributed by atoms with van der Waals surface area (Å²) in [6.07, 6.45) is 5.12. The van der Waals surface area contributed by atoms with Gasteiger partial charge in [-0.05, 0) is 60.4 Å². The van der Waals surface area contributed by atoms with Crippen molar-refractivity contribution in [1.82, 2.24) is 9.38 Å². The molecule has 2 aromatic rings. The summed E-state index contributed by atoms with van der Waals surface area (Å²) in [4.78, 5) is 4.44. The van der Waals surface area contributed by atoms with Gasteiger partial charge in [-0.3, -0.25) is 4.40 Å². The first-order chi connectivity index (χ1) is 8.66. The monoisotopic (exact) mass is 371 g/mol. The standard InChI is InChI=1S/C15H22IN3/c1-14(2,3)10-15(4,5)18-13-8-17-12-7-6-11(16)9-19(12)13/h6-9,18H,10H2,1-5H3. The molecule has 0 bridgehead atoms. The van der Waals surface area contributed by atoms with Crippen molar-refractivity contribution in [1.29, 1.82) is 0 Å². The quantitative estimate of drug-likeness (QED) is 0.802. The van der Waals surface area contributed by atoms with Gasteiger partial charge in [-0.1, -0.05) is 20.8 Å². The minimum Gasteiger partial charge on any atom is -0.365 e. The van der Waals surface area contributed by atoms with Gasteiger partial charge in [0, 0.05) is 15.3 Å². The Labute approximate surface area is 129 Å². The maximum atomic E-state index is 4.44. The van der Waals surface area contributed by atoms with Gasteiger partial charge < -0.3 is 5.32 Å². The van der Waals surface area contributed by atoms with Crippen LogP contribution in [0.15, 0.2) is 24.5 Å². The largest absolute Gasteiger partial charge is 0.365 e. The van der Waals surface area contributed by atoms with E-state index in [9.17, 15) is 0 Å². The zero-order valence-corrected chi connectivity index (χ0v) is 14.4. The lowest BCUT2D eigenvalue weighted by Gasteiger charge is -2.33. The van der Waals surface area contributed by atoms with E-state index in [2.05, 4.69) is 84.2 Å². The summed E-state index contributed by atoms with van der Waals surface area (Å²) in [7, 11) is 0. The third kappa shape index (κ3) is 3.84. The van der Waals surface area contributed by atoms with Crippen molar-refractivity contribution in [3.8, 4) is 0 Å². The Morgan fingerprint density at radius 3 is 2.53 bits per heavy atom. The molecule has 2 heterocycles. The summed E-state index contributed by atoms with van der Waals surface area (Å²) in [6, 6.07) is 4.12. The maximum Gasteiger partial charge on any atom is 0.138 e. The first-order valence-electron chi connectivity index (χ1n) is 6.57. The molecule has 0 aliphatic heterocycles. The van der Waals surface area contributed by atoms with Crippen molar-refractivity contribution in [2.45, 2.75) is 46.6 Å². The number of aromatic nitrogens is 2. The molecule has 0 unspecified atom stereocenters. The van der Waals surface area contributed by atoms with E-state index < -0.39 is 0 Å². The highest BCUT2D eigenvalue weighted by atomic mass is 127. The fourth-order valence-electron chi connectivity index (χ4n) is 2.76. The molecule has 0 radical (unpaired) electrons. The van der Waals surface area contributed by atoms with Crippen molar-refractivity contribution >= 4 is 34.1 Å². The summed E-state index contributed by atoms with van der Waals surface area (Å²) in [5.41, 5.74) is 1.32. The fraction of sp³-hybridized carbons (Fsp3) is 0.533. The van der Waals surface area contributed by atoms with Gasteiger partial charge in [-0.25, -0.2) is 4.98 Å². The number of hydrogen-bond acceptors (Lipinski definition) is 2. The van der Waals surface area contributed by atoms with Gasteiger partial charge in [0.1, 0.15) is 11.5 Å². The SMILES string of the molecule is CC(C)(C)CC(C)(C)Nc1cnc2ccc(I)cn12. The van der Waals surface area contributed by atoms with Crippen LogP contribution in [0.25, 0.3) is 5.65 Å². The highest BCUT2D eigenvalue weighted by Gasteiger charge is 2.26. The Morgan fingerprint density at radius 2 is 1.89 bits per heavy atom. The van der Waals surface area contributed by atoms with Crippen LogP contribution in [0.2, 0.25) is 0 Å². The number of hydrogen-bond donors (Lipinski definition) is 1. The Kier molecular flexibility index (Phi) is 3.82. The number of halogens is 1. The number of nitrogens with one attached hydrogen (secondary N) is 1. The smallest absolute Gasteiger partial charge is 0.138 e. The van der Waals surface area contributed by atoms with Crippen LogP contribution in [0.5, 0.6) is 0 Å². The molecule has 0 aliphatic rings. The van der Waals surface area contributed by atoms with E-state index >= 15 is 0 Å². The van der Waals surface area contributed by atoms with Crippen LogP contribution >= 0.6 is 22.6 Å². The second kappa shape index (κ2) is 4.96. The van der Waals surface area contributed by atoms with Crippen LogP contribution in [0, 0.1) is 8.99 Å². The van der Waals surface area contributed by atoms with Crippen molar-refractivity contribution in [3.05, 3.63) is 28.1 Å². The van der Waals surface area contributed by atoms with Gasteiger partial charge >= 0.3 is 0 Å². The minimum absolute atomic E-state index is 0.0372. The predicted molar refractivity (Wildman–Crippen MR) is 89.7 cm³/mol. The normalized spacial score (nSPS) is 12.9. The van der Waals surface area contributed by atoms with Gasteiger partial charge in [0.25, 0.3) is 0 Å². The molecule has 0 saturated carbocycles. The zero-order valence-electron chi connectivity index (χ0n) is 12.3. The van der Waals surface area contributed by atoms with Crippen LogP contribution in [0.3, 0.4) is 0 Å². The molecule has 0 aliphatic carbocycles. The predicted octanol–water partition coefficient (Wildman–Crippen LogP) is 4.57. The molecule has 1 N–H and O–H groups in total. The van der Waals surface area contributed by atoms with E-state index in [0.717, 1.165) is 17.9 Å². The fourth-order valence-corrected chi connectivity index (χ4v) is 3.22. The summed E-state index contributed by atoms with van der Waals surface area (Å²) < 4.78 is 3.33. The molecule has 0 fully saturated rings. The van der Waals surface area contributed by atoms with Gasteiger partial charge in [-0.2, -0.15) is 0 Å². The molecular weight excluding hydrogens is 349 g/mol. The van der Waals surface area contributed by atoms with E-state index in [1.54, 1.807) is 0 Å². The highest BCUT2D eigenvalue weighted by Crippen LogP contribution is 2.30. The number of nitrogens with zero attached hydrogens (tertiary/aromatic N) is 2. The number of fused-ring (bicyclic) bond motifs is 1. The average Bonchev–Trinajstić information content (AvgIpc) is 2.56. The van der Waals surface area contributed by atoms with Crippen LogP contribution in [0.4, 0.5) is 5.82 Å². The van der Waals surface area contributed by atoms with Crippen molar-refractivity contribution in [2.24, 2.45) is 5.41 Å². The Morgan fingerprint density at radius 1 is 1.21 bits per heavy atom. The first-order valence-corrected chi connectivity index (χ1v) is 7.65. The van der Waals surface area contributed by atoms with E-state index in [0.29, 0.717) is 5.41 Å². The second-order valence-corrected chi connectivity index (χ2v) is 8.21. The minimum atomic E-state index is 0.0372. The number of anilines is 1. The topological polar surface area (TPSA) is 29.3 Å². The molecule has 0 saturated heterocycles. The van der Waals surface area contributed by atoms with E-state index in [-0.39, 0.29) is 5.54 Å². The third-order valence-electron chi connectivity index (χ3n) is 2.91. The lowest BCUT2D eigenvalue weighted by Crippen LogP contribution is -2.35. The summed E-state index contributed by atoms with van der Waals surface area (Å²) >= 11 is 2.33. The first kappa shape index (κ1) is 14.6. The molecule has 2 aromatic heterocycles.